The maximum atomic E-state index is 14.3. The normalized spacial score (nSPS) is 12.8. The fourth-order valence-corrected chi connectivity index (χ4v) is 4.01. The number of hydrogen-bond acceptors (Lipinski definition) is 3. The molecule has 0 radical (unpaired) electrons. The van der Waals surface area contributed by atoms with Gasteiger partial charge >= 0.3 is 0 Å². The van der Waals surface area contributed by atoms with Gasteiger partial charge in [0.2, 0.25) is 5.91 Å². The molecule has 0 fully saturated rings. The number of carbonyl (C=O) groups excluding carboxylic acids is 2. The second-order valence-corrected chi connectivity index (χ2v) is 8.79. The van der Waals surface area contributed by atoms with Crippen molar-refractivity contribution in [2.75, 3.05) is 6.61 Å². The molecule has 0 aliphatic rings. The van der Waals surface area contributed by atoms with Crippen LogP contribution in [0.15, 0.2) is 65.1 Å². The minimum atomic E-state index is -0.797. The predicted molar refractivity (Wildman–Crippen MR) is 131 cm³/mol. The van der Waals surface area contributed by atoms with Crippen LogP contribution in [0.4, 0.5) is 4.39 Å². The number of halogens is 2. The molecule has 0 unspecified atom stereocenters. The molecule has 0 bridgehead atoms. The van der Waals surface area contributed by atoms with Crippen molar-refractivity contribution in [2.45, 2.75) is 45.8 Å². The zero-order valence-electron chi connectivity index (χ0n) is 19.0. The van der Waals surface area contributed by atoms with Gasteiger partial charge < -0.3 is 15.0 Å². The first-order valence-electron chi connectivity index (χ1n) is 10.9. The van der Waals surface area contributed by atoms with Gasteiger partial charge in [0.1, 0.15) is 17.6 Å². The van der Waals surface area contributed by atoms with Crippen LogP contribution in [0.3, 0.4) is 0 Å². The third-order valence-corrected chi connectivity index (χ3v) is 6.46. The second-order valence-electron chi connectivity index (χ2n) is 7.99. The summed E-state index contributed by atoms with van der Waals surface area (Å²) in [7, 11) is 0. The summed E-state index contributed by atoms with van der Waals surface area (Å²) in [5, 5.41) is 4.90. The maximum Gasteiger partial charge on any atom is 0.261 e. The third-order valence-electron chi connectivity index (χ3n) is 5.65. The number of carbonyl (C=O) groups is 2. The minimum absolute atomic E-state index is 0.0323. The van der Waals surface area contributed by atoms with Gasteiger partial charge in [0.05, 0.1) is 4.47 Å². The Morgan fingerprint density at radius 2 is 1.76 bits per heavy atom. The first-order valence-corrected chi connectivity index (χ1v) is 11.7. The molecule has 5 nitrogen and oxygen atoms in total. The van der Waals surface area contributed by atoms with E-state index in [-0.39, 0.29) is 25.1 Å². The standard InChI is InChI=1S/C26H28BrFN2O3/c1-4-17(2)29-26(32)18(3)30(15-20-10-6-8-12-22(20)28)24(31)16-33-23-14-13-19-9-5-7-11-21(19)25(23)27/h5-14,17-18H,4,15-16H2,1-3H3,(H,29,32)/t17-,18+/m0/s1. The van der Waals surface area contributed by atoms with Crippen LogP contribution < -0.4 is 10.1 Å². The van der Waals surface area contributed by atoms with Gasteiger partial charge in [0.15, 0.2) is 6.61 Å². The highest BCUT2D eigenvalue weighted by Crippen LogP contribution is 2.33. The lowest BCUT2D eigenvalue weighted by molar-refractivity contribution is -0.142. The molecule has 0 aliphatic carbocycles. The maximum absolute atomic E-state index is 14.3. The van der Waals surface area contributed by atoms with Crippen molar-refractivity contribution >= 4 is 38.5 Å². The molecular weight excluding hydrogens is 487 g/mol. The van der Waals surface area contributed by atoms with Crippen LogP contribution in [-0.2, 0) is 16.1 Å². The van der Waals surface area contributed by atoms with Crippen LogP contribution in [0.2, 0.25) is 0 Å². The lowest BCUT2D eigenvalue weighted by Gasteiger charge is -2.29. The van der Waals surface area contributed by atoms with E-state index in [9.17, 15) is 14.0 Å². The summed E-state index contributed by atoms with van der Waals surface area (Å²) in [4.78, 5) is 27.3. The van der Waals surface area contributed by atoms with Crippen molar-refractivity contribution in [3.8, 4) is 5.75 Å². The second kappa shape index (κ2) is 11.3. The Balaban J connectivity index is 1.80. The summed E-state index contributed by atoms with van der Waals surface area (Å²) in [6.07, 6.45) is 0.763. The quantitative estimate of drug-likeness (QED) is 0.412. The molecule has 0 saturated heterocycles. The molecule has 3 rings (SSSR count). The van der Waals surface area contributed by atoms with Crippen molar-refractivity contribution in [1.82, 2.24) is 10.2 Å². The van der Waals surface area contributed by atoms with Crippen molar-refractivity contribution in [1.29, 1.82) is 0 Å². The number of nitrogens with zero attached hydrogens (tertiary/aromatic N) is 1. The van der Waals surface area contributed by atoms with Gasteiger partial charge in [0.25, 0.3) is 5.91 Å². The van der Waals surface area contributed by atoms with Crippen molar-refractivity contribution in [3.05, 3.63) is 76.5 Å². The van der Waals surface area contributed by atoms with Crippen LogP contribution in [0.5, 0.6) is 5.75 Å². The number of ether oxygens (including phenoxy) is 1. The molecule has 2 amide bonds. The van der Waals surface area contributed by atoms with Crippen molar-refractivity contribution in [2.24, 2.45) is 0 Å². The largest absolute Gasteiger partial charge is 0.483 e. The highest BCUT2D eigenvalue weighted by Gasteiger charge is 2.28. The van der Waals surface area contributed by atoms with Crippen LogP contribution in [0, 0.1) is 5.82 Å². The topological polar surface area (TPSA) is 58.6 Å². The van der Waals surface area contributed by atoms with E-state index in [0.29, 0.717) is 11.3 Å². The first kappa shape index (κ1) is 24.7. The van der Waals surface area contributed by atoms with Crippen molar-refractivity contribution in [3.63, 3.8) is 0 Å². The number of nitrogens with one attached hydrogen (secondary N) is 1. The Labute approximate surface area is 202 Å². The van der Waals surface area contributed by atoms with E-state index in [1.54, 1.807) is 31.2 Å². The number of hydrogen-bond donors (Lipinski definition) is 1. The summed E-state index contributed by atoms with van der Waals surface area (Å²) in [6.45, 7) is 5.18. The van der Waals surface area contributed by atoms with Crippen LogP contribution in [0.25, 0.3) is 10.8 Å². The molecule has 0 aliphatic heterocycles. The first-order chi connectivity index (χ1) is 15.8. The highest BCUT2D eigenvalue weighted by molar-refractivity contribution is 9.10. The van der Waals surface area contributed by atoms with E-state index in [4.69, 9.17) is 4.74 Å². The molecule has 174 valence electrons. The molecular formula is C26H28BrFN2O3. The smallest absolute Gasteiger partial charge is 0.261 e. The average Bonchev–Trinajstić information content (AvgIpc) is 2.82. The Morgan fingerprint density at radius 1 is 1.06 bits per heavy atom. The van der Waals surface area contributed by atoms with E-state index in [1.165, 1.54) is 11.0 Å². The SMILES string of the molecule is CC[C@H](C)NC(=O)[C@@H](C)N(Cc1ccccc1F)C(=O)COc1ccc2ccccc2c1Br. The van der Waals surface area contributed by atoms with Gasteiger partial charge in [0, 0.05) is 18.2 Å². The molecule has 1 N–H and O–H groups in total. The lowest BCUT2D eigenvalue weighted by Crippen LogP contribution is -2.50. The van der Waals surface area contributed by atoms with E-state index < -0.39 is 17.8 Å². The molecule has 7 heteroatoms. The van der Waals surface area contributed by atoms with Crippen molar-refractivity contribution < 1.29 is 18.7 Å². The van der Waals surface area contributed by atoms with E-state index in [1.807, 2.05) is 44.2 Å². The monoisotopic (exact) mass is 514 g/mol. The molecule has 3 aromatic rings. The predicted octanol–water partition coefficient (Wildman–Crippen LogP) is 5.45. The van der Waals surface area contributed by atoms with Gasteiger partial charge in [-0.1, -0.05) is 55.5 Å². The molecule has 0 spiro atoms. The fraction of sp³-hybridized carbons (Fsp3) is 0.308. The summed E-state index contributed by atoms with van der Waals surface area (Å²) in [6, 6.07) is 16.9. The zero-order chi connectivity index (χ0) is 24.0. The summed E-state index contributed by atoms with van der Waals surface area (Å²) < 4.78 is 20.9. The molecule has 2 atom stereocenters. The number of rotatable bonds is 9. The summed E-state index contributed by atoms with van der Waals surface area (Å²) >= 11 is 3.56. The number of fused-ring (bicyclic) bond motifs is 1. The van der Waals surface area contributed by atoms with E-state index >= 15 is 0 Å². The van der Waals surface area contributed by atoms with Gasteiger partial charge in [-0.05, 0) is 59.1 Å². The van der Waals surface area contributed by atoms with E-state index in [2.05, 4.69) is 21.2 Å². The molecule has 33 heavy (non-hydrogen) atoms. The van der Waals surface area contributed by atoms with Gasteiger partial charge in [-0.2, -0.15) is 0 Å². The third kappa shape index (κ3) is 6.11. The lowest BCUT2D eigenvalue weighted by atomic mass is 10.1. The summed E-state index contributed by atoms with van der Waals surface area (Å²) in [5.41, 5.74) is 0.334. The number of amides is 2. The Morgan fingerprint density at radius 3 is 2.48 bits per heavy atom. The number of benzene rings is 3. The average molecular weight is 515 g/mol. The Kier molecular flexibility index (Phi) is 8.44. The van der Waals surface area contributed by atoms with Crippen LogP contribution in [-0.4, -0.2) is 35.4 Å². The molecule has 0 saturated carbocycles. The van der Waals surface area contributed by atoms with Gasteiger partial charge in [-0.3, -0.25) is 9.59 Å². The Hall–Kier alpha value is -2.93. The Bertz CT molecular complexity index is 1140. The molecule has 0 heterocycles. The van der Waals surface area contributed by atoms with E-state index in [0.717, 1.165) is 21.7 Å². The zero-order valence-corrected chi connectivity index (χ0v) is 20.6. The van der Waals surface area contributed by atoms with Gasteiger partial charge in [-0.15, -0.1) is 0 Å². The minimum Gasteiger partial charge on any atom is -0.483 e. The van der Waals surface area contributed by atoms with Crippen LogP contribution in [0.1, 0.15) is 32.8 Å². The fourth-order valence-electron chi connectivity index (χ4n) is 3.41. The molecule has 0 aromatic heterocycles. The van der Waals surface area contributed by atoms with Crippen LogP contribution >= 0.6 is 15.9 Å². The highest BCUT2D eigenvalue weighted by atomic mass is 79.9. The summed E-state index contributed by atoms with van der Waals surface area (Å²) in [5.74, 6) is -0.612. The van der Waals surface area contributed by atoms with Gasteiger partial charge in [-0.25, -0.2) is 4.39 Å². The molecule has 3 aromatic carbocycles.